The minimum atomic E-state index is -0.758. The molecule has 0 bridgehead atoms. The molecule has 1 amide bonds. The molecule has 0 atom stereocenters. The number of nitro groups is 1. The zero-order valence-corrected chi connectivity index (χ0v) is 12.6. The van der Waals surface area contributed by atoms with Gasteiger partial charge in [-0.1, -0.05) is 12.8 Å². The average molecular weight is 304 g/mol. The van der Waals surface area contributed by atoms with Gasteiger partial charge in [0.2, 0.25) is 5.91 Å². The third-order valence-corrected chi connectivity index (χ3v) is 3.96. The van der Waals surface area contributed by atoms with Gasteiger partial charge in [-0.3, -0.25) is 14.9 Å². The number of carbonyl (C=O) groups is 1. The summed E-state index contributed by atoms with van der Waals surface area (Å²) >= 11 is 0. The van der Waals surface area contributed by atoms with Gasteiger partial charge in [0, 0.05) is 31.8 Å². The summed E-state index contributed by atoms with van der Waals surface area (Å²) in [4.78, 5) is 23.7. The topological polar surface area (TPSA) is 83.7 Å². The van der Waals surface area contributed by atoms with Gasteiger partial charge in [0.25, 0.3) is 5.69 Å². The van der Waals surface area contributed by atoms with Crippen molar-refractivity contribution in [1.29, 1.82) is 0 Å². The Morgan fingerprint density at radius 3 is 2.50 bits per heavy atom. The maximum absolute atomic E-state index is 12.0. The molecule has 1 aliphatic carbocycles. The van der Waals surface area contributed by atoms with Gasteiger partial charge < -0.3 is 10.0 Å². The molecule has 118 valence electrons. The van der Waals surface area contributed by atoms with Crippen LogP contribution in [0.15, 0.2) is 30.3 Å². The Balaban J connectivity index is 1.93. The van der Waals surface area contributed by atoms with E-state index in [2.05, 4.69) is 0 Å². The van der Waals surface area contributed by atoms with Crippen molar-refractivity contribution in [2.24, 2.45) is 0 Å². The lowest BCUT2D eigenvalue weighted by atomic mass is 10.0. The first-order valence-corrected chi connectivity index (χ1v) is 7.30. The van der Waals surface area contributed by atoms with Crippen LogP contribution in [0.1, 0.15) is 31.2 Å². The molecule has 6 heteroatoms. The van der Waals surface area contributed by atoms with Crippen LogP contribution in [0.3, 0.4) is 0 Å². The number of nitro benzene ring substituents is 1. The summed E-state index contributed by atoms with van der Waals surface area (Å²) in [6.45, 7) is 0.330. The molecule has 22 heavy (non-hydrogen) atoms. The number of aliphatic hydroxyl groups is 1. The highest BCUT2D eigenvalue weighted by Crippen LogP contribution is 2.29. The Hall–Kier alpha value is -2.21. The maximum Gasteiger partial charge on any atom is 0.269 e. The van der Waals surface area contributed by atoms with Crippen LogP contribution >= 0.6 is 0 Å². The molecule has 0 radical (unpaired) electrons. The fourth-order valence-corrected chi connectivity index (χ4v) is 2.71. The Kier molecular flexibility index (Phi) is 4.92. The van der Waals surface area contributed by atoms with Crippen molar-refractivity contribution < 1.29 is 14.8 Å². The first kappa shape index (κ1) is 16.2. The van der Waals surface area contributed by atoms with E-state index in [1.165, 1.54) is 23.1 Å². The predicted molar refractivity (Wildman–Crippen MR) is 83.2 cm³/mol. The minimum absolute atomic E-state index is 0.0176. The summed E-state index contributed by atoms with van der Waals surface area (Å²) in [5.41, 5.74) is -0.0259. The van der Waals surface area contributed by atoms with Crippen LogP contribution in [0.2, 0.25) is 0 Å². The van der Waals surface area contributed by atoms with Crippen LogP contribution in [0.4, 0.5) is 5.69 Å². The van der Waals surface area contributed by atoms with Gasteiger partial charge in [-0.15, -0.1) is 0 Å². The zero-order chi connectivity index (χ0) is 16.2. The molecule has 0 saturated heterocycles. The number of likely N-dealkylation sites (N-methyl/N-ethyl adjacent to an activating group) is 1. The third kappa shape index (κ3) is 4.14. The predicted octanol–water partition coefficient (Wildman–Crippen LogP) is 2.37. The van der Waals surface area contributed by atoms with Gasteiger partial charge in [-0.25, -0.2) is 0 Å². The molecule has 1 aromatic rings. The lowest BCUT2D eigenvalue weighted by molar-refractivity contribution is -0.384. The van der Waals surface area contributed by atoms with Crippen LogP contribution in [0.25, 0.3) is 6.08 Å². The van der Waals surface area contributed by atoms with Crippen molar-refractivity contribution in [1.82, 2.24) is 4.90 Å². The molecule has 0 heterocycles. The van der Waals surface area contributed by atoms with Crippen LogP contribution in [-0.4, -0.2) is 40.0 Å². The monoisotopic (exact) mass is 304 g/mol. The summed E-state index contributed by atoms with van der Waals surface area (Å²) in [7, 11) is 1.67. The quantitative estimate of drug-likeness (QED) is 0.514. The molecule has 1 fully saturated rings. The standard InChI is InChI=1S/C16H20N2O4/c1-17(12-16(20)10-2-3-11-16)15(19)9-6-13-4-7-14(8-5-13)18(21)22/h4-9,20H,2-3,10-12H2,1H3/b9-6+. The van der Waals surface area contributed by atoms with E-state index in [9.17, 15) is 20.0 Å². The first-order chi connectivity index (χ1) is 10.4. The second-order valence-corrected chi connectivity index (χ2v) is 5.81. The minimum Gasteiger partial charge on any atom is -0.388 e. The molecule has 6 nitrogen and oxygen atoms in total. The van der Waals surface area contributed by atoms with Gasteiger partial charge in [0.1, 0.15) is 0 Å². The Morgan fingerprint density at radius 1 is 1.36 bits per heavy atom. The fourth-order valence-electron chi connectivity index (χ4n) is 2.71. The van der Waals surface area contributed by atoms with Gasteiger partial charge in [0.05, 0.1) is 10.5 Å². The van der Waals surface area contributed by atoms with E-state index in [0.29, 0.717) is 12.1 Å². The average Bonchev–Trinajstić information content (AvgIpc) is 2.91. The van der Waals surface area contributed by atoms with Gasteiger partial charge in [-0.2, -0.15) is 0 Å². The van der Waals surface area contributed by atoms with E-state index in [-0.39, 0.29) is 11.6 Å². The van der Waals surface area contributed by atoms with E-state index >= 15 is 0 Å². The van der Waals surface area contributed by atoms with Gasteiger partial charge in [0.15, 0.2) is 0 Å². The lowest BCUT2D eigenvalue weighted by Gasteiger charge is -2.27. The van der Waals surface area contributed by atoms with Crippen molar-refractivity contribution >= 4 is 17.7 Å². The highest BCUT2D eigenvalue weighted by atomic mass is 16.6. The summed E-state index contributed by atoms with van der Waals surface area (Å²) in [5.74, 6) is -0.196. The van der Waals surface area contributed by atoms with E-state index in [1.54, 1.807) is 25.3 Å². The summed E-state index contributed by atoms with van der Waals surface area (Å²) < 4.78 is 0. The third-order valence-electron chi connectivity index (χ3n) is 3.96. The molecule has 1 saturated carbocycles. The van der Waals surface area contributed by atoms with E-state index in [0.717, 1.165) is 25.7 Å². The lowest BCUT2D eigenvalue weighted by Crippen LogP contribution is -2.41. The molecule has 0 unspecified atom stereocenters. The molecule has 1 aliphatic rings. The summed E-state index contributed by atoms with van der Waals surface area (Å²) in [5, 5.41) is 20.9. The second kappa shape index (κ2) is 6.70. The molecular weight excluding hydrogens is 284 g/mol. The van der Waals surface area contributed by atoms with Crippen molar-refractivity contribution in [3.8, 4) is 0 Å². The maximum atomic E-state index is 12.0. The number of rotatable bonds is 5. The molecule has 1 N–H and O–H groups in total. The number of amides is 1. The van der Waals surface area contributed by atoms with E-state index < -0.39 is 10.5 Å². The fraction of sp³-hybridized carbons (Fsp3) is 0.438. The van der Waals surface area contributed by atoms with Crippen LogP contribution in [0, 0.1) is 10.1 Å². The smallest absolute Gasteiger partial charge is 0.269 e. The highest BCUT2D eigenvalue weighted by molar-refractivity contribution is 5.91. The Bertz CT molecular complexity index is 574. The van der Waals surface area contributed by atoms with Crippen LogP contribution in [0.5, 0.6) is 0 Å². The molecule has 0 spiro atoms. The molecule has 0 aromatic heterocycles. The normalized spacial score (nSPS) is 16.8. The number of hydrogen-bond acceptors (Lipinski definition) is 4. The van der Waals surface area contributed by atoms with Gasteiger partial charge >= 0.3 is 0 Å². The number of hydrogen-bond donors (Lipinski definition) is 1. The Labute approximate surface area is 129 Å². The van der Waals surface area contributed by atoms with E-state index in [4.69, 9.17) is 0 Å². The van der Waals surface area contributed by atoms with E-state index in [1.807, 2.05) is 0 Å². The van der Waals surface area contributed by atoms with Crippen molar-refractivity contribution in [3.05, 3.63) is 46.0 Å². The number of non-ortho nitro benzene ring substituents is 1. The zero-order valence-electron chi connectivity index (χ0n) is 12.6. The molecule has 0 aliphatic heterocycles. The highest BCUT2D eigenvalue weighted by Gasteiger charge is 2.32. The first-order valence-electron chi connectivity index (χ1n) is 7.30. The van der Waals surface area contributed by atoms with Crippen molar-refractivity contribution in [2.75, 3.05) is 13.6 Å². The van der Waals surface area contributed by atoms with Gasteiger partial charge in [-0.05, 0) is 36.6 Å². The largest absolute Gasteiger partial charge is 0.388 e. The van der Waals surface area contributed by atoms with Crippen LogP contribution < -0.4 is 0 Å². The second-order valence-electron chi connectivity index (χ2n) is 5.81. The number of carbonyl (C=O) groups excluding carboxylic acids is 1. The molecule has 2 rings (SSSR count). The molecule has 1 aromatic carbocycles. The number of nitrogens with zero attached hydrogens (tertiary/aromatic N) is 2. The SMILES string of the molecule is CN(CC1(O)CCCC1)C(=O)/C=C/c1ccc([N+](=O)[O-])cc1. The summed E-state index contributed by atoms with van der Waals surface area (Å²) in [6, 6.07) is 5.98. The summed E-state index contributed by atoms with van der Waals surface area (Å²) in [6.07, 6.45) is 6.49. The Morgan fingerprint density at radius 2 is 1.95 bits per heavy atom. The molecular formula is C16H20N2O4. The van der Waals surface area contributed by atoms with Crippen molar-refractivity contribution in [3.63, 3.8) is 0 Å². The van der Waals surface area contributed by atoms with Crippen molar-refractivity contribution in [2.45, 2.75) is 31.3 Å². The van der Waals surface area contributed by atoms with Crippen LogP contribution in [-0.2, 0) is 4.79 Å². The number of benzene rings is 1.